The molecule has 0 heterocycles. The van der Waals surface area contributed by atoms with Crippen LogP contribution in [-0.2, 0) is 22.6 Å². The molecule has 0 aromatic heterocycles. The molecule has 0 aliphatic heterocycles. The summed E-state index contributed by atoms with van der Waals surface area (Å²) in [5.41, 5.74) is 1.89. The Morgan fingerprint density at radius 3 is 2.40 bits per heavy atom. The zero-order valence-corrected chi connectivity index (χ0v) is 19.1. The van der Waals surface area contributed by atoms with E-state index in [1.54, 1.807) is 25.1 Å². The van der Waals surface area contributed by atoms with Crippen molar-refractivity contribution < 1.29 is 14.3 Å². The van der Waals surface area contributed by atoms with Gasteiger partial charge in [-0.1, -0.05) is 55.2 Å². The Bertz CT molecular complexity index is 856. The van der Waals surface area contributed by atoms with Gasteiger partial charge in [-0.05, 0) is 55.2 Å². The van der Waals surface area contributed by atoms with Crippen molar-refractivity contribution in [2.24, 2.45) is 0 Å². The van der Waals surface area contributed by atoms with Crippen molar-refractivity contribution in [2.75, 3.05) is 13.2 Å². The fourth-order valence-electron chi connectivity index (χ4n) is 2.86. The molecule has 30 heavy (non-hydrogen) atoms. The Balaban J connectivity index is 2.15. The van der Waals surface area contributed by atoms with Crippen LogP contribution in [0.3, 0.4) is 0 Å². The number of aryl methyl sites for hydroxylation is 1. The lowest BCUT2D eigenvalue weighted by Gasteiger charge is -2.29. The first-order chi connectivity index (χ1) is 14.3. The molecule has 0 radical (unpaired) electrons. The molecule has 2 amide bonds. The molecule has 162 valence electrons. The van der Waals surface area contributed by atoms with Gasteiger partial charge in [0.25, 0.3) is 5.91 Å². The number of hydrogen-bond acceptors (Lipinski definition) is 3. The molecule has 0 aliphatic rings. The molecule has 0 bridgehead atoms. The van der Waals surface area contributed by atoms with Crippen molar-refractivity contribution in [2.45, 2.75) is 46.2 Å². The summed E-state index contributed by atoms with van der Waals surface area (Å²) in [6, 6.07) is 12.0. The van der Waals surface area contributed by atoms with Gasteiger partial charge in [-0.15, -0.1) is 0 Å². The fourth-order valence-corrected chi connectivity index (χ4v) is 3.33. The summed E-state index contributed by atoms with van der Waals surface area (Å²) in [4.78, 5) is 27.0. The third kappa shape index (κ3) is 6.92. The molecule has 1 N–H and O–H groups in total. The number of halogens is 2. The largest absolute Gasteiger partial charge is 0.484 e. The number of rotatable bonds is 10. The highest BCUT2D eigenvalue weighted by atomic mass is 35.5. The van der Waals surface area contributed by atoms with Crippen LogP contribution >= 0.6 is 23.2 Å². The van der Waals surface area contributed by atoms with E-state index in [4.69, 9.17) is 27.9 Å². The molecule has 0 saturated carbocycles. The summed E-state index contributed by atoms with van der Waals surface area (Å²) in [6.07, 6.45) is 1.74. The van der Waals surface area contributed by atoms with Gasteiger partial charge in [0, 0.05) is 23.1 Å². The van der Waals surface area contributed by atoms with E-state index < -0.39 is 6.04 Å². The van der Waals surface area contributed by atoms with Gasteiger partial charge in [0.05, 0.1) is 0 Å². The topological polar surface area (TPSA) is 58.6 Å². The number of amides is 2. The van der Waals surface area contributed by atoms with Crippen LogP contribution in [-0.4, -0.2) is 35.9 Å². The molecule has 2 aromatic rings. The number of hydrogen-bond donors (Lipinski definition) is 1. The molecule has 1 atom stereocenters. The first kappa shape index (κ1) is 24.0. The van der Waals surface area contributed by atoms with Crippen LogP contribution in [0.4, 0.5) is 0 Å². The van der Waals surface area contributed by atoms with Gasteiger partial charge in [0.2, 0.25) is 5.91 Å². The first-order valence-corrected chi connectivity index (χ1v) is 10.8. The van der Waals surface area contributed by atoms with E-state index in [1.165, 1.54) is 10.5 Å². The zero-order chi connectivity index (χ0) is 22.1. The van der Waals surface area contributed by atoms with Gasteiger partial charge in [0.15, 0.2) is 6.61 Å². The van der Waals surface area contributed by atoms with Gasteiger partial charge in [0.1, 0.15) is 11.8 Å². The minimum absolute atomic E-state index is 0.174. The molecule has 7 heteroatoms. The summed E-state index contributed by atoms with van der Waals surface area (Å²) in [7, 11) is 0. The quantitative estimate of drug-likeness (QED) is 0.560. The monoisotopic (exact) mass is 450 g/mol. The highest BCUT2D eigenvalue weighted by Crippen LogP contribution is 2.23. The fraction of sp³-hybridized carbons (Fsp3) is 0.391. The van der Waals surface area contributed by atoms with Crippen molar-refractivity contribution in [1.29, 1.82) is 0 Å². The maximum absolute atomic E-state index is 13.0. The van der Waals surface area contributed by atoms with E-state index in [2.05, 4.69) is 12.2 Å². The van der Waals surface area contributed by atoms with E-state index >= 15 is 0 Å². The normalized spacial score (nSPS) is 11.6. The SMILES string of the molecule is CCCNC(=O)[C@H](C)N(Cc1ccc(Cl)cc1Cl)C(=O)COc1ccc(CC)cc1. The lowest BCUT2D eigenvalue weighted by Crippen LogP contribution is -2.49. The van der Waals surface area contributed by atoms with Gasteiger partial charge >= 0.3 is 0 Å². The van der Waals surface area contributed by atoms with Crippen LogP contribution in [0.2, 0.25) is 10.0 Å². The average Bonchev–Trinajstić information content (AvgIpc) is 2.75. The molecular formula is C23H28Cl2N2O3. The predicted molar refractivity (Wildman–Crippen MR) is 121 cm³/mol. The van der Waals surface area contributed by atoms with Crippen LogP contribution in [0.5, 0.6) is 5.75 Å². The van der Waals surface area contributed by atoms with E-state index in [9.17, 15) is 9.59 Å². The predicted octanol–water partition coefficient (Wildman–Crippen LogP) is 4.88. The highest BCUT2D eigenvalue weighted by molar-refractivity contribution is 6.35. The Morgan fingerprint density at radius 2 is 1.80 bits per heavy atom. The molecule has 0 fully saturated rings. The number of nitrogens with zero attached hydrogens (tertiary/aromatic N) is 1. The van der Waals surface area contributed by atoms with Gasteiger partial charge in [-0.3, -0.25) is 9.59 Å². The Labute approximate surface area is 188 Å². The number of ether oxygens (including phenoxy) is 1. The Hall–Kier alpha value is -2.24. The number of carbonyl (C=O) groups excluding carboxylic acids is 2. The summed E-state index contributed by atoms with van der Waals surface area (Å²) in [5.74, 6) is 0.0791. The third-order valence-electron chi connectivity index (χ3n) is 4.77. The maximum atomic E-state index is 13.0. The molecule has 2 aromatic carbocycles. The van der Waals surface area contributed by atoms with E-state index in [-0.39, 0.29) is 25.0 Å². The standard InChI is InChI=1S/C23H28Cl2N2O3/c1-4-12-26-23(29)16(3)27(14-18-8-9-19(24)13-21(18)25)22(28)15-30-20-10-6-17(5-2)7-11-20/h6-11,13,16H,4-5,12,14-15H2,1-3H3,(H,26,29)/t16-/m0/s1. The van der Waals surface area contributed by atoms with E-state index in [1.807, 2.05) is 31.2 Å². The van der Waals surface area contributed by atoms with Crippen molar-refractivity contribution in [1.82, 2.24) is 10.2 Å². The molecule has 0 saturated heterocycles. The average molecular weight is 451 g/mol. The van der Waals surface area contributed by atoms with Crippen LogP contribution in [0, 0.1) is 0 Å². The molecule has 2 rings (SSSR count). The maximum Gasteiger partial charge on any atom is 0.261 e. The lowest BCUT2D eigenvalue weighted by atomic mass is 10.1. The van der Waals surface area contributed by atoms with Gasteiger partial charge in [-0.2, -0.15) is 0 Å². The molecule has 0 unspecified atom stereocenters. The first-order valence-electron chi connectivity index (χ1n) is 10.1. The van der Waals surface area contributed by atoms with Crippen molar-refractivity contribution in [3.8, 4) is 5.75 Å². The second-order valence-corrected chi connectivity index (χ2v) is 7.85. The lowest BCUT2D eigenvalue weighted by molar-refractivity contribution is -0.142. The van der Waals surface area contributed by atoms with Crippen LogP contribution in [0.1, 0.15) is 38.3 Å². The smallest absolute Gasteiger partial charge is 0.261 e. The third-order valence-corrected chi connectivity index (χ3v) is 5.35. The molecule has 5 nitrogen and oxygen atoms in total. The zero-order valence-electron chi connectivity index (χ0n) is 17.6. The van der Waals surface area contributed by atoms with Crippen LogP contribution < -0.4 is 10.1 Å². The Morgan fingerprint density at radius 1 is 1.10 bits per heavy atom. The minimum Gasteiger partial charge on any atom is -0.484 e. The molecular weight excluding hydrogens is 423 g/mol. The summed E-state index contributed by atoms with van der Waals surface area (Å²) < 4.78 is 5.67. The van der Waals surface area contributed by atoms with E-state index in [0.29, 0.717) is 27.9 Å². The van der Waals surface area contributed by atoms with Crippen molar-refractivity contribution >= 4 is 35.0 Å². The van der Waals surface area contributed by atoms with Crippen LogP contribution in [0.25, 0.3) is 0 Å². The van der Waals surface area contributed by atoms with Crippen molar-refractivity contribution in [3.63, 3.8) is 0 Å². The van der Waals surface area contributed by atoms with Gasteiger partial charge in [-0.25, -0.2) is 0 Å². The summed E-state index contributed by atoms with van der Waals surface area (Å²) in [6.45, 7) is 6.29. The number of benzene rings is 2. The number of carbonyl (C=O) groups is 2. The van der Waals surface area contributed by atoms with Crippen LogP contribution in [0.15, 0.2) is 42.5 Å². The van der Waals surface area contributed by atoms with Gasteiger partial charge < -0.3 is 15.0 Å². The molecule has 0 aliphatic carbocycles. The highest BCUT2D eigenvalue weighted by Gasteiger charge is 2.27. The Kier molecular flexibility index (Phi) is 9.47. The van der Waals surface area contributed by atoms with E-state index in [0.717, 1.165) is 12.8 Å². The molecule has 0 spiro atoms. The number of nitrogens with one attached hydrogen (secondary N) is 1. The summed E-state index contributed by atoms with van der Waals surface area (Å²) in [5, 5.41) is 3.79. The van der Waals surface area contributed by atoms with Crippen molar-refractivity contribution in [3.05, 3.63) is 63.6 Å². The minimum atomic E-state index is -0.679. The second kappa shape index (κ2) is 11.8. The summed E-state index contributed by atoms with van der Waals surface area (Å²) >= 11 is 12.3. The second-order valence-electron chi connectivity index (χ2n) is 7.01.